The summed E-state index contributed by atoms with van der Waals surface area (Å²) in [6.07, 6.45) is 2.21. The molecule has 0 radical (unpaired) electrons. The van der Waals surface area contributed by atoms with Gasteiger partial charge in [-0.25, -0.2) is 4.98 Å². The van der Waals surface area contributed by atoms with E-state index < -0.39 is 0 Å². The Bertz CT molecular complexity index is 508. The molecule has 108 valence electrons. The summed E-state index contributed by atoms with van der Waals surface area (Å²) in [5.74, 6) is 1.11. The number of nitrogens with one attached hydrogen (secondary N) is 1. The Hall–Kier alpha value is -0.840. The summed E-state index contributed by atoms with van der Waals surface area (Å²) in [7, 11) is 1.99. The summed E-state index contributed by atoms with van der Waals surface area (Å²) in [6, 6.07) is 8.77. The highest BCUT2D eigenvalue weighted by atomic mass is 32.2. The van der Waals surface area contributed by atoms with Gasteiger partial charge < -0.3 is 5.32 Å². The van der Waals surface area contributed by atoms with Gasteiger partial charge >= 0.3 is 0 Å². The van der Waals surface area contributed by atoms with Crippen LogP contribution in [0.4, 0.5) is 0 Å². The molecule has 0 saturated heterocycles. The second-order valence-electron chi connectivity index (χ2n) is 4.63. The van der Waals surface area contributed by atoms with Gasteiger partial charge in [0.25, 0.3) is 0 Å². The Morgan fingerprint density at radius 3 is 2.55 bits per heavy atom. The molecule has 0 fully saturated rings. The molecule has 1 aromatic heterocycles. The van der Waals surface area contributed by atoms with Crippen molar-refractivity contribution >= 4 is 23.1 Å². The van der Waals surface area contributed by atoms with E-state index in [0.29, 0.717) is 0 Å². The lowest BCUT2D eigenvalue weighted by Crippen LogP contribution is -2.05. The van der Waals surface area contributed by atoms with Gasteiger partial charge in [-0.2, -0.15) is 0 Å². The first-order valence-corrected chi connectivity index (χ1v) is 8.95. The van der Waals surface area contributed by atoms with Crippen molar-refractivity contribution in [1.82, 2.24) is 10.3 Å². The number of nitrogens with zero attached hydrogens (tertiary/aromatic N) is 1. The molecule has 0 aliphatic heterocycles. The Kier molecular flexibility index (Phi) is 6.07. The van der Waals surface area contributed by atoms with E-state index in [1.54, 1.807) is 0 Å². The molecule has 0 unspecified atom stereocenters. The van der Waals surface area contributed by atoms with E-state index in [1.165, 1.54) is 21.0 Å². The van der Waals surface area contributed by atoms with Crippen LogP contribution in [0.5, 0.6) is 0 Å². The lowest BCUT2D eigenvalue weighted by molar-refractivity contribution is 0.798. The molecule has 1 heterocycles. The van der Waals surface area contributed by atoms with Crippen LogP contribution in [0.2, 0.25) is 0 Å². The van der Waals surface area contributed by atoms with Crippen molar-refractivity contribution in [2.75, 3.05) is 12.8 Å². The standard InChI is InChI=1S/C16H22N2S2/c1-4-6-14-15(11-17-3)20-16(18-14)12-7-9-13(10-8-12)19-5-2/h7-10,17H,4-6,11H2,1-3H3. The molecule has 2 rings (SSSR count). The van der Waals surface area contributed by atoms with E-state index in [2.05, 4.69) is 43.4 Å². The highest BCUT2D eigenvalue weighted by molar-refractivity contribution is 7.99. The van der Waals surface area contributed by atoms with Crippen molar-refractivity contribution in [3.05, 3.63) is 34.8 Å². The van der Waals surface area contributed by atoms with E-state index in [4.69, 9.17) is 4.98 Å². The second-order valence-corrected chi connectivity index (χ2v) is 7.05. The van der Waals surface area contributed by atoms with Gasteiger partial charge in [0.15, 0.2) is 0 Å². The lowest BCUT2D eigenvalue weighted by atomic mass is 10.2. The van der Waals surface area contributed by atoms with Gasteiger partial charge in [-0.3, -0.25) is 0 Å². The Morgan fingerprint density at radius 1 is 1.20 bits per heavy atom. The molecular formula is C16H22N2S2. The van der Waals surface area contributed by atoms with Crippen molar-refractivity contribution < 1.29 is 0 Å². The normalized spacial score (nSPS) is 10.9. The smallest absolute Gasteiger partial charge is 0.123 e. The fourth-order valence-corrected chi connectivity index (χ4v) is 3.89. The minimum absolute atomic E-state index is 0.913. The number of hydrogen-bond acceptors (Lipinski definition) is 4. The quantitative estimate of drug-likeness (QED) is 0.757. The Morgan fingerprint density at radius 2 is 1.95 bits per heavy atom. The number of thioether (sulfide) groups is 1. The van der Waals surface area contributed by atoms with Crippen LogP contribution in [0.25, 0.3) is 10.6 Å². The first-order valence-electron chi connectivity index (χ1n) is 7.14. The number of hydrogen-bond donors (Lipinski definition) is 1. The molecule has 0 aliphatic rings. The number of rotatable bonds is 7. The topological polar surface area (TPSA) is 24.9 Å². The van der Waals surface area contributed by atoms with Crippen LogP contribution in [0.3, 0.4) is 0 Å². The zero-order valence-electron chi connectivity index (χ0n) is 12.4. The maximum atomic E-state index is 4.84. The van der Waals surface area contributed by atoms with Gasteiger partial charge in [-0.05, 0) is 31.4 Å². The molecule has 0 amide bonds. The van der Waals surface area contributed by atoms with Crippen LogP contribution in [0.15, 0.2) is 29.2 Å². The van der Waals surface area contributed by atoms with E-state index >= 15 is 0 Å². The van der Waals surface area contributed by atoms with E-state index in [9.17, 15) is 0 Å². The molecule has 0 aliphatic carbocycles. The molecule has 0 spiro atoms. The van der Waals surface area contributed by atoms with Crippen LogP contribution >= 0.6 is 23.1 Å². The van der Waals surface area contributed by atoms with Crippen molar-refractivity contribution in [1.29, 1.82) is 0 Å². The molecular weight excluding hydrogens is 284 g/mol. The van der Waals surface area contributed by atoms with Crippen molar-refractivity contribution in [3.8, 4) is 10.6 Å². The maximum Gasteiger partial charge on any atom is 0.123 e. The number of aromatic nitrogens is 1. The molecule has 4 heteroatoms. The van der Waals surface area contributed by atoms with Crippen LogP contribution in [-0.4, -0.2) is 17.8 Å². The number of thiazole rings is 1. The summed E-state index contributed by atoms with van der Waals surface area (Å²) < 4.78 is 0. The molecule has 0 saturated carbocycles. The van der Waals surface area contributed by atoms with E-state index in [1.807, 2.05) is 30.1 Å². The SMILES string of the molecule is CCCc1nc(-c2ccc(SCC)cc2)sc1CNC. The fourth-order valence-electron chi connectivity index (χ4n) is 2.10. The zero-order valence-corrected chi connectivity index (χ0v) is 14.0. The van der Waals surface area contributed by atoms with Gasteiger partial charge in [0.2, 0.25) is 0 Å². The average molecular weight is 307 g/mol. The van der Waals surface area contributed by atoms with Gasteiger partial charge in [0.05, 0.1) is 5.69 Å². The summed E-state index contributed by atoms with van der Waals surface area (Å²) in [5, 5.41) is 4.39. The summed E-state index contributed by atoms with van der Waals surface area (Å²) >= 11 is 3.69. The summed E-state index contributed by atoms with van der Waals surface area (Å²) in [4.78, 5) is 7.54. The van der Waals surface area contributed by atoms with Crippen molar-refractivity contribution in [3.63, 3.8) is 0 Å². The predicted octanol–water partition coefficient (Wildman–Crippen LogP) is 4.59. The van der Waals surface area contributed by atoms with Gasteiger partial charge in [0.1, 0.15) is 5.01 Å². The third kappa shape index (κ3) is 3.84. The van der Waals surface area contributed by atoms with E-state index in [-0.39, 0.29) is 0 Å². The minimum Gasteiger partial charge on any atom is -0.315 e. The Balaban J connectivity index is 2.24. The van der Waals surface area contributed by atoms with Crippen molar-refractivity contribution in [2.45, 2.75) is 38.1 Å². The van der Waals surface area contributed by atoms with Gasteiger partial charge in [0, 0.05) is 21.9 Å². The van der Waals surface area contributed by atoms with E-state index in [0.717, 1.165) is 30.1 Å². The summed E-state index contributed by atoms with van der Waals surface area (Å²) in [5.41, 5.74) is 2.49. The molecule has 1 aromatic carbocycles. The molecule has 0 atom stereocenters. The Labute approximate surface area is 130 Å². The second kappa shape index (κ2) is 7.81. The molecule has 0 bridgehead atoms. The molecule has 1 N–H and O–H groups in total. The average Bonchev–Trinajstić information content (AvgIpc) is 2.84. The lowest BCUT2D eigenvalue weighted by Gasteiger charge is -2.00. The molecule has 2 nitrogen and oxygen atoms in total. The van der Waals surface area contributed by atoms with Gasteiger partial charge in [-0.1, -0.05) is 32.4 Å². The van der Waals surface area contributed by atoms with Crippen molar-refractivity contribution in [2.24, 2.45) is 0 Å². The molecule has 20 heavy (non-hydrogen) atoms. The third-order valence-electron chi connectivity index (χ3n) is 3.01. The van der Waals surface area contributed by atoms with Crippen LogP contribution in [0.1, 0.15) is 30.8 Å². The number of benzene rings is 1. The van der Waals surface area contributed by atoms with Crippen LogP contribution < -0.4 is 5.32 Å². The predicted molar refractivity (Wildman–Crippen MR) is 90.7 cm³/mol. The third-order valence-corrected chi connectivity index (χ3v) is 5.06. The largest absolute Gasteiger partial charge is 0.315 e. The highest BCUT2D eigenvalue weighted by Gasteiger charge is 2.11. The van der Waals surface area contributed by atoms with Crippen LogP contribution in [-0.2, 0) is 13.0 Å². The summed E-state index contributed by atoms with van der Waals surface area (Å²) in [6.45, 7) is 5.30. The van der Waals surface area contributed by atoms with Crippen LogP contribution in [0, 0.1) is 0 Å². The maximum absolute atomic E-state index is 4.84. The zero-order chi connectivity index (χ0) is 14.4. The van der Waals surface area contributed by atoms with Gasteiger partial charge in [-0.15, -0.1) is 23.1 Å². The molecule has 2 aromatic rings. The highest BCUT2D eigenvalue weighted by Crippen LogP contribution is 2.30. The first kappa shape index (κ1) is 15.5. The minimum atomic E-state index is 0.913. The monoisotopic (exact) mass is 306 g/mol. The fraction of sp³-hybridized carbons (Fsp3) is 0.438. The first-order chi connectivity index (χ1) is 9.78. The number of aryl methyl sites for hydroxylation is 1.